The molecule has 3 aromatic carbocycles. The lowest BCUT2D eigenvalue weighted by Crippen LogP contribution is -2.32. The first kappa shape index (κ1) is 21.6. The van der Waals surface area contributed by atoms with Crippen LogP contribution >= 0.6 is 0 Å². The lowest BCUT2D eigenvalue weighted by molar-refractivity contribution is -0.137. The summed E-state index contributed by atoms with van der Waals surface area (Å²) in [4.78, 5) is 28.2. The number of nitrogens with zero attached hydrogens (tertiary/aromatic N) is 1. The van der Waals surface area contributed by atoms with Gasteiger partial charge in [-0.3, -0.25) is 14.5 Å². The van der Waals surface area contributed by atoms with Gasteiger partial charge < -0.3 is 19.5 Å². The summed E-state index contributed by atoms with van der Waals surface area (Å²) >= 11 is 0. The van der Waals surface area contributed by atoms with Crippen molar-refractivity contribution in [3.8, 4) is 17.2 Å². The first-order valence-corrected chi connectivity index (χ1v) is 11.1. The smallest absolute Gasteiger partial charge is 0.278 e. The quantitative estimate of drug-likeness (QED) is 0.527. The number of ether oxygens (including phenoxy) is 3. The van der Waals surface area contributed by atoms with E-state index in [0.29, 0.717) is 34.9 Å². The van der Waals surface area contributed by atoms with Gasteiger partial charge in [0.25, 0.3) is 11.8 Å². The first-order valence-electron chi connectivity index (χ1n) is 11.1. The van der Waals surface area contributed by atoms with E-state index in [2.05, 4.69) is 5.32 Å². The zero-order chi connectivity index (χ0) is 23.7. The van der Waals surface area contributed by atoms with Gasteiger partial charge in [-0.1, -0.05) is 35.9 Å². The minimum absolute atomic E-state index is 0.123. The predicted octanol–water partition coefficient (Wildman–Crippen LogP) is 4.51. The number of carbonyl (C=O) groups excluding carboxylic acids is 2. The molecule has 0 aromatic heterocycles. The molecule has 0 radical (unpaired) electrons. The molecule has 2 amide bonds. The largest absolute Gasteiger partial charge is 0.494 e. The fraction of sp³-hybridized carbons (Fsp3) is 0.185. The predicted molar refractivity (Wildman–Crippen MR) is 127 cm³/mol. The minimum Gasteiger partial charge on any atom is -0.494 e. The second kappa shape index (κ2) is 8.94. The lowest BCUT2D eigenvalue weighted by atomic mass is 10.0. The molecule has 7 nitrogen and oxygen atoms in total. The van der Waals surface area contributed by atoms with Crippen LogP contribution in [0.4, 0.5) is 5.69 Å². The number of hydrogen-bond donors (Lipinski definition) is 1. The molecule has 1 N–H and O–H groups in total. The topological polar surface area (TPSA) is 77.1 Å². The molecule has 0 saturated heterocycles. The first-order chi connectivity index (χ1) is 16.5. The Morgan fingerprint density at radius 3 is 2.38 bits per heavy atom. The zero-order valence-electron chi connectivity index (χ0n) is 19.0. The zero-order valence-corrected chi connectivity index (χ0v) is 19.0. The molecule has 2 heterocycles. The van der Waals surface area contributed by atoms with Crippen molar-refractivity contribution in [2.75, 3.05) is 18.7 Å². The number of aryl methyl sites for hydroxylation is 1. The van der Waals surface area contributed by atoms with Crippen molar-refractivity contribution in [1.29, 1.82) is 0 Å². The molecule has 0 aliphatic carbocycles. The average molecular weight is 456 g/mol. The van der Waals surface area contributed by atoms with Crippen LogP contribution in [0.2, 0.25) is 0 Å². The molecule has 0 unspecified atom stereocenters. The number of imide groups is 1. The van der Waals surface area contributed by atoms with Crippen molar-refractivity contribution in [2.45, 2.75) is 20.4 Å². The third-order valence-electron chi connectivity index (χ3n) is 5.72. The Morgan fingerprint density at radius 1 is 0.912 bits per heavy atom. The highest BCUT2D eigenvalue weighted by Gasteiger charge is 2.39. The Morgan fingerprint density at radius 2 is 1.65 bits per heavy atom. The van der Waals surface area contributed by atoms with Crippen molar-refractivity contribution in [2.24, 2.45) is 0 Å². The van der Waals surface area contributed by atoms with Crippen molar-refractivity contribution >= 4 is 23.1 Å². The molecule has 7 heteroatoms. The van der Waals surface area contributed by atoms with Crippen LogP contribution in [0.3, 0.4) is 0 Å². The molecule has 172 valence electrons. The maximum atomic E-state index is 13.5. The molecular weight excluding hydrogens is 432 g/mol. The van der Waals surface area contributed by atoms with E-state index in [-0.39, 0.29) is 30.8 Å². The Hall–Kier alpha value is -4.26. The molecular formula is C27H24N2O5. The Balaban J connectivity index is 1.47. The van der Waals surface area contributed by atoms with Crippen LogP contribution in [0.1, 0.15) is 23.6 Å². The van der Waals surface area contributed by atoms with E-state index >= 15 is 0 Å². The van der Waals surface area contributed by atoms with E-state index in [1.807, 2.05) is 68.4 Å². The van der Waals surface area contributed by atoms with E-state index in [4.69, 9.17) is 14.2 Å². The molecule has 0 saturated carbocycles. The molecule has 2 aliphatic heterocycles. The second-order valence-electron chi connectivity index (χ2n) is 8.08. The monoisotopic (exact) mass is 456 g/mol. The van der Waals surface area contributed by atoms with Crippen molar-refractivity contribution in [3.63, 3.8) is 0 Å². The summed E-state index contributed by atoms with van der Waals surface area (Å²) in [6.45, 7) is 4.75. The van der Waals surface area contributed by atoms with Gasteiger partial charge in [-0.05, 0) is 61.4 Å². The average Bonchev–Trinajstić information content (AvgIpc) is 3.40. The molecule has 3 aromatic rings. The molecule has 0 atom stereocenters. The maximum absolute atomic E-state index is 13.5. The fourth-order valence-corrected chi connectivity index (χ4v) is 3.99. The van der Waals surface area contributed by atoms with Gasteiger partial charge >= 0.3 is 0 Å². The third kappa shape index (κ3) is 4.08. The normalized spacial score (nSPS) is 14.7. The van der Waals surface area contributed by atoms with E-state index in [0.717, 1.165) is 16.9 Å². The van der Waals surface area contributed by atoms with E-state index in [1.54, 1.807) is 12.1 Å². The highest BCUT2D eigenvalue weighted by molar-refractivity contribution is 6.36. The summed E-state index contributed by atoms with van der Waals surface area (Å²) in [5.41, 5.74) is 3.81. The van der Waals surface area contributed by atoms with Gasteiger partial charge in [0.15, 0.2) is 11.5 Å². The van der Waals surface area contributed by atoms with Gasteiger partial charge in [0, 0.05) is 5.69 Å². The lowest BCUT2D eigenvalue weighted by Gasteiger charge is -2.16. The van der Waals surface area contributed by atoms with Crippen LogP contribution < -0.4 is 19.5 Å². The van der Waals surface area contributed by atoms with E-state index < -0.39 is 0 Å². The van der Waals surface area contributed by atoms with Crippen molar-refractivity contribution < 1.29 is 23.8 Å². The van der Waals surface area contributed by atoms with Gasteiger partial charge in [0.05, 0.1) is 18.7 Å². The van der Waals surface area contributed by atoms with Crippen LogP contribution in [-0.2, 0) is 16.1 Å². The Kier molecular flexibility index (Phi) is 5.67. The number of carbonyl (C=O) groups is 2. The summed E-state index contributed by atoms with van der Waals surface area (Å²) < 4.78 is 16.3. The summed E-state index contributed by atoms with van der Waals surface area (Å²) in [6, 6.07) is 20.3. The number of anilines is 1. The molecule has 0 bridgehead atoms. The number of nitrogens with one attached hydrogen (secondary N) is 1. The summed E-state index contributed by atoms with van der Waals surface area (Å²) in [7, 11) is 0. The summed E-state index contributed by atoms with van der Waals surface area (Å²) in [5, 5.41) is 3.18. The van der Waals surface area contributed by atoms with Gasteiger partial charge in [0.1, 0.15) is 11.4 Å². The number of benzene rings is 3. The maximum Gasteiger partial charge on any atom is 0.278 e. The van der Waals surface area contributed by atoms with Gasteiger partial charge in [-0.2, -0.15) is 0 Å². The number of hydrogen-bond acceptors (Lipinski definition) is 6. The minimum atomic E-state index is -0.382. The van der Waals surface area contributed by atoms with Gasteiger partial charge in [-0.25, -0.2) is 0 Å². The van der Waals surface area contributed by atoms with Crippen molar-refractivity contribution in [1.82, 2.24) is 4.90 Å². The SMILES string of the molecule is CCOc1ccc(NC2=C(c3ccc(C)cc3)C(=O)N(Cc3ccc4c(c3)OCO4)C2=O)cc1. The number of amides is 2. The van der Waals surface area contributed by atoms with Gasteiger partial charge in [-0.15, -0.1) is 0 Å². The van der Waals surface area contributed by atoms with E-state index in [1.165, 1.54) is 4.90 Å². The molecule has 2 aliphatic rings. The third-order valence-corrected chi connectivity index (χ3v) is 5.72. The Labute approximate surface area is 197 Å². The summed E-state index contributed by atoms with van der Waals surface area (Å²) in [6.07, 6.45) is 0. The van der Waals surface area contributed by atoms with Crippen molar-refractivity contribution in [3.05, 3.63) is 89.1 Å². The molecule has 5 rings (SSSR count). The molecule has 0 fully saturated rings. The van der Waals surface area contributed by atoms with Crippen LogP contribution in [0.5, 0.6) is 17.2 Å². The second-order valence-corrected chi connectivity index (χ2v) is 8.08. The van der Waals surface area contributed by atoms with Crippen LogP contribution in [0, 0.1) is 6.92 Å². The Bertz CT molecular complexity index is 1280. The van der Waals surface area contributed by atoms with Crippen LogP contribution in [0.25, 0.3) is 5.57 Å². The van der Waals surface area contributed by atoms with Gasteiger partial charge in [0.2, 0.25) is 6.79 Å². The van der Waals surface area contributed by atoms with E-state index in [9.17, 15) is 9.59 Å². The molecule has 0 spiro atoms. The standard InChI is InChI=1S/C27H24N2O5/c1-3-32-21-11-9-20(10-12-21)28-25-24(19-7-4-17(2)5-8-19)26(30)29(27(25)31)15-18-6-13-22-23(14-18)34-16-33-22/h4-14,28H,3,15-16H2,1-2H3. The highest BCUT2D eigenvalue weighted by Crippen LogP contribution is 2.35. The fourth-order valence-electron chi connectivity index (χ4n) is 3.99. The van der Waals surface area contributed by atoms with Crippen LogP contribution in [-0.4, -0.2) is 30.1 Å². The molecule has 34 heavy (non-hydrogen) atoms. The number of rotatable bonds is 7. The summed E-state index contributed by atoms with van der Waals surface area (Å²) in [5.74, 6) is 1.27. The highest BCUT2D eigenvalue weighted by atomic mass is 16.7. The number of fused-ring (bicyclic) bond motifs is 1. The van der Waals surface area contributed by atoms with Crippen LogP contribution in [0.15, 0.2) is 72.4 Å².